The number of H-pyrrole nitrogens is 1. The monoisotopic (exact) mass is 913 g/mol. The highest BCUT2D eigenvalue weighted by atomic mass is 32.2. The number of aliphatic hydroxyl groups is 1. The molecule has 2 aromatic carbocycles. The molecule has 7 aliphatic rings. The Morgan fingerprint density at radius 2 is 1.78 bits per heavy atom. The molecule has 5 saturated carbocycles. The highest BCUT2D eigenvalue weighted by Gasteiger charge is 2.73. The first kappa shape index (κ1) is 43.7. The van der Waals surface area contributed by atoms with E-state index in [4.69, 9.17) is 4.74 Å². The Balaban J connectivity index is 0.847. The molecule has 14 nitrogen and oxygen atoms in total. The highest BCUT2D eigenvalue weighted by Crippen LogP contribution is 2.80. The van der Waals surface area contributed by atoms with Crippen LogP contribution in [-0.2, 0) is 10.0 Å². The third kappa shape index (κ3) is 8.36. The van der Waals surface area contributed by atoms with Gasteiger partial charge in [-0.3, -0.25) is 19.8 Å². The van der Waals surface area contributed by atoms with Gasteiger partial charge in [-0.2, -0.15) is 0 Å². The highest BCUT2D eigenvalue weighted by molar-refractivity contribution is 7.90. The maximum Gasteiger partial charge on any atom is 0.293 e. The van der Waals surface area contributed by atoms with Crippen molar-refractivity contribution in [3.63, 3.8) is 0 Å². The molecule has 346 valence electrons. The molecule has 4 N–H and O–H groups in total. The van der Waals surface area contributed by atoms with Crippen LogP contribution in [-0.4, -0.2) is 90.5 Å². The van der Waals surface area contributed by atoms with Crippen molar-refractivity contribution in [3.8, 4) is 11.5 Å². The number of fused-ring (bicyclic) bond motifs is 1. The summed E-state index contributed by atoms with van der Waals surface area (Å²) in [5.41, 5.74) is 2.96. The van der Waals surface area contributed by atoms with Crippen LogP contribution in [0.1, 0.15) is 101 Å². The van der Waals surface area contributed by atoms with Gasteiger partial charge in [-0.05, 0) is 137 Å². The SMILES string of the molecule is CC1(O)CCC(CNc2ccc(S(=O)(=O)NC(=O)c3ccc(N4CCN(CC5=C(C67CC(C(F)F)(C6)C7)CC6(CCC6)CC5)CC4)cc3Oc3cnc4[nH]ccc4c3)cc2[N+](=O)[O-])CC1. The molecule has 1 saturated heterocycles. The molecule has 65 heavy (non-hydrogen) atoms. The smallest absolute Gasteiger partial charge is 0.293 e. The van der Waals surface area contributed by atoms with Crippen molar-refractivity contribution in [2.75, 3.05) is 49.5 Å². The number of hydrogen-bond acceptors (Lipinski definition) is 11. The Labute approximate surface area is 377 Å². The molecule has 3 heterocycles. The van der Waals surface area contributed by atoms with E-state index in [9.17, 15) is 37.2 Å². The summed E-state index contributed by atoms with van der Waals surface area (Å²) in [4.78, 5) is 37.1. The number of benzene rings is 2. The van der Waals surface area contributed by atoms with Gasteiger partial charge in [-0.25, -0.2) is 26.9 Å². The maximum absolute atomic E-state index is 14.0. The van der Waals surface area contributed by atoms with E-state index >= 15 is 0 Å². The van der Waals surface area contributed by atoms with E-state index in [0.717, 1.165) is 62.5 Å². The number of rotatable bonds is 14. The Bertz CT molecular complexity index is 2640. The van der Waals surface area contributed by atoms with Gasteiger partial charge in [0.2, 0.25) is 6.43 Å². The lowest BCUT2D eigenvalue weighted by Crippen LogP contribution is -2.66. The number of carbonyl (C=O) groups is 1. The number of anilines is 2. The van der Waals surface area contributed by atoms with E-state index in [1.165, 1.54) is 61.2 Å². The summed E-state index contributed by atoms with van der Waals surface area (Å²) in [6.07, 6.45) is 12.8. The number of nitrogens with zero attached hydrogens (tertiary/aromatic N) is 4. The number of sulfonamides is 1. The second-order valence-corrected chi connectivity index (χ2v) is 22.1. The van der Waals surface area contributed by atoms with Crippen molar-refractivity contribution < 1.29 is 36.8 Å². The molecule has 1 spiro atoms. The summed E-state index contributed by atoms with van der Waals surface area (Å²) < 4.78 is 63.7. The van der Waals surface area contributed by atoms with Crippen LogP contribution in [0, 0.1) is 32.3 Å². The number of halogens is 2. The van der Waals surface area contributed by atoms with Gasteiger partial charge in [0.15, 0.2) is 0 Å². The first-order chi connectivity index (χ1) is 31.0. The van der Waals surface area contributed by atoms with Crippen LogP contribution in [0.25, 0.3) is 11.0 Å². The Morgan fingerprint density at radius 1 is 1.03 bits per heavy atom. The zero-order valence-corrected chi connectivity index (χ0v) is 37.5. The predicted molar refractivity (Wildman–Crippen MR) is 242 cm³/mol. The molecule has 1 aliphatic heterocycles. The molecular weight excluding hydrogens is 857 g/mol. The first-order valence-corrected chi connectivity index (χ1v) is 24.5. The maximum atomic E-state index is 14.0. The molecule has 4 aromatic rings. The number of ether oxygens (including phenoxy) is 1. The zero-order valence-electron chi connectivity index (χ0n) is 36.7. The Morgan fingerprint density at radius 3 is 2.48 bits per heavy atom. The summed E-state index contributed by atoms with van der Waals surface area (Å²) in [7, 11) is -4.59. The molecule has 0 atom stereocenters. The van der Waals surface area contributed by atoms with Crippen molar-refractivity contribution in [2.24, 2.45) is 22.2 Å². The fourth-order valence-electron chi connectivity index (χ4n) is 11.9. The Kier molecular flexibility index (Phi) is 11.0. The number of aromatic nitrogens is 2. The van der Waals surface area contributed by atoms with Crippen molar-refractivity contribution in [1.82, 2.24) is 19.6 Å². The number of nitro groups is 1. The topological polar surface area (TPSA) is 183 Å². The predicted octanol–water partition coefficient (Wildman–Crippen LogP) is 8.94. The van der Waals surface area contributed by atoms with E-state index in [2.05, 4.69) is 29.8 Å². The van der Waals surface area contributed by atoms with Gasteiger partial charge >= 0.3 is 0 Å². The van der Waals surface area contributed by atoms with Gasteiger partial charge in [-0.15, -0.1) is 0 Å². The Hall–Kier alpha value is -5.13. The van der Waals surface area contributed by atoms with Gasteiger partial charge in [0.25, 0.3) is 21.6 Å². The van der Waals surface area contributed by atoms with Crippen LogP contribution >= 0.6 is 0 Å². The van der Waals surface area contributed by atoms with Crippen molar-refractivity contribution in [1.29, 1.82) is 0 Å². The van der Waals surface area contributed by atoms with Crippen molar-refractivity contribution in [3.05, 3.63) is 87.7 Å². The second kappa shape index (κ2) is 16.3. The average molecular weight is 914 g/mol. The lowest BCUT2D eigenvalue weighted by Gasteiger charge is -2.72. The molecule has 6 aliphatic carbocycles. The number of nitro benzene ring substituents is 1. The number of amides is 1. The summed E-state index contributed by atoms with van der Waals surface area (Å²) in [5.74, 6) is -0.352. The number of alkyl halides is 2. The number of pyridine rings is 1. The fraction of sp³-hybridized carbons (Fsp3) is 0.542. The van der Waals surface area contributed by atoms with E-state index < -0.39 is 48.9 Å². The molecule has 2 bridgehead atoms. The standard InChI is InChI=1S/C48H57F2N7O7S/c1-45(59)13-7-31(8-14-45)25-52-39-6-4-36(23-40(39)57(60)61)65(62,63)54-43(58)37-5-3-34(22-41(37)64-35-21-32-10-16-51-42(32)53-26-35)56-19-17-55(18-20-56)27-33-9-15-46(11-2-12-46)24-38(33)47-28-48(29-47,30-47)44(49)50/h3-6,10,16,21-23,26,31,44,52,59H,2,7-9,11-15,17-20,24-25,27-30H2,1H3,(H,51,53)(H,54,58). The first-order valence-electron chi connectivity index (χ1n) is 23.1. The minimum atomic E-state index is -4.59. The van der Waals surface area contributed by atoms with Crippen LogP contribution in [0.4, 0.5) is 25.8 Å². The van der Waals surface area contributed by atoms with Gasteiger partial charge in [0.05, 0.1) is 27.2 Å². The largest absolute Gasteiger partial charge is 0.455 e. The van der Waals surface area contributed by atoms with E-state index in [-0.39, 0.29) is 28.3 Å². The van der Waals surface area contributed by atoms with E-state index in [0.29, 0.717) is 68.6 Å². The third-order valence-corrected chi connectivity index (χ3v) is 17.3. The number of allylic oxidation sites excluding steroid dienone is 1. The lowest BCUT2D eigenvalue weighted by molar-refractivity contribution is -0.384. The van der Waals surface area contributed by atoms with Gasteiger partial charge < -0.3 is 25.0 Å². The fourth-order valence-corrected chi connectivity index (χ4v) is 12.9. The molecule has 0 radical (unpaired) electrons. The second-order valence-electron chi connectivity index (χ2n) is 20.4. The normalized spacial score (nSPS) is 27.5. The molecule has 6 fully saturated rings. The third-order valence-electron chi connectivity index (χ3n) is 16.0. The minimum Gasteiger partial charge on any atom is -0.455 e. The minimum absolute atomic E-state index is 0.0123. The van der Waals surface area contributed by atoms with Crippen LogP contribution < -0.4 is 19.7 Å². The molecule has 11 rings (SSSR count). The van der Waals surface area contributed by atoms with Crippen LogP contribution in [0.3, 0.4) is 0 Å². The molecular formula is C48H57F2N7O7S. The number of piperazine rings is 1. The summed E-state index contributed by atoms with van der Waals surface area (Å²) in [6.45, 7) is 6.03. The van der Waals surface area contributed by atoms with Crippen LogP contribution in [0.15, 0.2) is 77.0 Å². The van der Waals surface area contributed by atoms with Crippen LogP contribution in [0.2, 0.25) is 0 Å². The van der Waals surface area contributed by atoms with Gasteiger partial charge in [0, 0.05) is 74.1 Å². The number of nitrogens with one attached hydrogen (secondary N) is 3. The lowest BCUT2D eigenvalue weighted by atomic mass is 9.31. The molecule has 1 amide bonds. The zero-order chi connectivity index (χ0) is 45.4. The summed E-state index contributed by atoms with van der Waals surface area (Å²) in [6, 6.07) is 12.1. The number of hydrogen-bond donors (Lipinski definition) is 4. The number of aromatic amines is 1. The number of carbonyl (C=O) groups excluding carboxylic acids is 1. The molecule has 0 unspecified atom stereocenters. The summed E-state index contributed by atoms with van der Waals surface area (Å²) >= 11 is 0. The molecule has 2 aromatic heterocycles. The average Bonchev–Trinajstić information content (AvgIpc) is 3.70. The van der Waals surface area contributed by atoms with Crippen molar-refractivity contribution in [2.45, 2.75) is 107 Å². The van der Waals surface area contributed by atoms with E-state index in [1.54, 1.807) is 31.3 Å². The van der Waals surface area contributed by atoms with Crippen molar-refractivity contribution >= 4 is 44.0 Å². The van der Waals surface area contributed by atoms with Gasteiger partial charge in [0.1, 0.15) is 22.8 Å². The molecule has 17 heteroatoms. The van der Waals surface area contributed by atoms with E-state index in [1.807, 2.05) is 6.07 Å². The van der Waals surface area contributed by atoms with Crippen LogP contribution in [0.5, 0.6) is 11.5 Å². The summed E-state index contributed by atoms with van der Waals surface area (Å²) in [5, 5.41) is 26.3. The quantitative estimate of drug-likeness (QED) is 0.0538. The van der Waals surface area contributed by atoms with Gasteiger partial charge in [-0.1, -0.05) is 17.6 Å².